The molecular formula is C24H27F2N7O. The highest BCUT2D eigenvalue weighted by Gasteiger charge is 2.31. The number of hydrogen-bond donors (Lipinski definition) is 3. The molecule has 2 fully saturated rings. The van der Waals surface area contributed by atoms with Crippen molar-refractivity contribution in [1.82, 2.24) is 24.5 Å². The highest BCUT2D eigenvalue weighted by atomic mass is 19.1. The molecule has 34 heavy (non-hydrogen) atoms. The number of aliphatic hydroxyl groups is 1. The first-order valence-corrected chi connectivity index (χ1v) is 11.6. The van der Waals surface area contributed by atoms with Gasteiger partial charge < -0.3 is 25.0 Å². The van der Waals surface area contributed by atoms with E-state index in [1.165, 1.54) is 29.4 Å². The van der Waals surface area contributed by atoms with Gasteiger partial charge in [-0.3, -0.25) is 4.68 Å². The molecule has 178 valence electrons. The van der Waals surface area contributed by atoms with E-state index in [1.807, 2.05) is 6.20 Å². The maximum absolute atomic E-state index is 15.5. The smallest absolute Gasteiger partial charge is 0.173 e. The fourth-order valence-electron chi connectivity index (χ4n) is 4.97. The predicted molar refractivity (Wildman–Crippen MR) is 126 cm³/mol. The van der Waals surface area contributed by atoms with E-state index in [1.54, 1.807) is 31.0 Å². The summed E-state index contributed by atoms with van der Waals surface area (Å²) in [4.78, 5) is 6.32. The summed E-state index contributed by atoms with van der Waals surface area (Å²) in [6.45, 7) is 3.41. The molecule has 0 spiro atoms. The average Bonchev–Trinajstić information content (AvgIpc) is 3.13. The zero-order valence-corrected chi connectivity index (χ0v) is 19.1. The molecule has 2 aliphatic rings. The maximum atomic E-state index is 15.5. The third-order valence-corrected chi connectivity index (χ3v) is 6.66. The lowest BCUT2D eigenvalue weighted by molar-refractivity contribution is 0.204. The molecule has 2 atom stereocenters. The average molecular weight is 468 g/mol. The third-order valence-electron chi connectivity index (χ3n) is 6.66. The number of nitrogens with zero attached hydrogens (tertiary/aromatic N) is 5. The molecule has 3 N–H and O–H groups in total. The van der Waals surface area contributed by atoms with Gasteiger partial charge in [0.15, 0.2) is 17.7 Å². The number of imidazole rings is 1. The first-order valence-electron chi connectivity index (χ1n) is 11.6. The SMILES string of the molecule is Cc1cn2cc(NC(O)c3c(F)cc(N4CC[C@H](NC5CC5)C4)c4cn(C)nc34)cc(F)c2n1. The number of rotatable bonds is 6. The summed E-state index contributed by atoms with van der Waals surface area (Å²) in [5.41, 5.74) is 2.36. The minimum atomic E-state index is -1.42. The number of nitrogens with one attached hydrogen (secondary N) is 2. The van der Waals surface area contributed by atoms with Crippen molar-refractivity contribution < 1.29 is 13.9 Å². The molecule has 0 bridgehead atoms. The quantitative estimate of drug-likeness (QED) is 0.378. The topological polar surface area (TPSA) is 82.7 Å². The molecule has 10 heteroatoms. The molecule has 0 amide bonds. The lowest BCUT2D eigenvalue weighted by Gasteiger charge is -2.22. The number of fused-ring (bicyclic) bond motifs is 2. The van der Waals surface area contributed by atoms with Crippen molar-refractivity contribution in [3.05, 3.63) is 53.6 Å². The normalized spacial score (nSPS) is 19.4. The van der Waals surface area contributed by atoms with E-state index < -0.39 is 17.9 Å². The Morgan fingerprint density at radius 2 is 1.91 bits per heavy atom. The Morgan fingerprint density at radius 1 is 1.09 bits per heavy atom. The van der Waals surface area contributed by atoms with Crippen LogP contribution in [0.15, 0.2) is 30.7 Å². The predicted octanol–water partition coefficient (Wildman–Crippen LogP) is 3.24. The van der Waals surface area contributed by atoms with Gasteiger partial charge in [-0.15, -0.1) is 0 Å². The fourth-order valence-corrected chi connectivity index (χ4v) is 4.97. The Hall–Kier alpha value is -3.24. The van der Waals surface area contributed by atoms with Gasteiger partial charge in [0, 0.05) is 62.3 Å². The molecule has 1 aliphatic carbocycles. The number of aliphatic hydroxyl groups excluding tert-OH is 1. The maximum Gasteiger partial charge on any atom is 0.173 e. The molecule has 8 nitrogen and oxygen atoms in total. The van der Waals surface area contributed by atoms with Crippen LogP contribution in [0.5, 0.6) is 0 Å². The van der Waals surface area contributed by atoms with Crippen LogP contribution in [0.25, 0.3) is 16.6 Å². The summed E-state index contributed by atoms with van der Waals surface area (Å²) in [7, 11) is 1.78. The molecule has 1 aliphatic heterocycles. The van der Waals surface area contributed by atoms with E-state index >= 15 is 4.39 Å². The minimum absolute atomic E-state index is 0.0357. The minimum Gasteiger partial charge on any atom is -0.369 e. The van der Waals surface area contributed by atoms with Crippen LogP contribution in [0.1, 0.15) is 36.7 Å². The van der Waals surface area contributed by atoms with Crippen molar-refractivity contribution in [3.63, 3.8) is 0 Å². The molecule has 1 aromatic carbocycles. The number of anilines is 2. The van der Waals surface area contributed by atoms with Crippen LogP contribution >= 0.6 is 0 Å². The molecule has 0 radical (unpaired) electrons. The number of benzene rings is 1. The Morgan fingerprint density at radius 3 is 2.71 bits per heavy atom. The van der Waals surface area contributed by atoms with E-state index in [2.05, 4.69) is 25.6 Å². The Bertz CT molecular complexity index is 1390. The van der Waals surface area contributed by atoms with E-state index in [0.29, 0.717) is 29.0 Å². The zero-order chi connectivity index (χ0) is 23.6. The second-order valence-corrected chi connectivity index (χ2v) is 9.47. The summed E-state index contributed by atoms with van der Waals surface area (Å²) in [6.07, 6.45) is 7.19. The molecule has 4 aromatic rings. The third kappa shape index (κ3) is 3.76. The highest BCUT2D eigenvalue weighted by molar-refractivity contribution is 5.94. The number of aryl methyl sites for hydroxylation is 2. The molecule has 1 unspecified atom stereocenters. The van der Waals surface area contributed by atoms with Gasteiger partial charge in [-0.05, 0) is 32.3 Å². The second-order valence-electron chi connectivity index (χ2n) is 9.47. The van der Waals surface area contributed by atoms with Gasteiger partial charge >= 0.3 is 0 Å². The van der Waals surface area contributed by atoms with Crippen molar-refractivity contribution >= 4 is 27.9 Å². The van der Waals surface area contributed by atoms with Gasteiger partial charge in [-0.1, -0.05) is 0 Å². The van der Waals surface area contributed by atoms with Gasteiger partial charge in [0.05, 0.1) is 22.6 Å². The summed E-state index contributed by atoms with van der Waals surface area (Å²) in [5.74, 6) is -1.09. The summed E-state index contributed by atoms with van der Waals surface area (Å²) in [5, 5.41) is 22.7. The van der Waals surface area contributed by atoms with E-state index in [4.69, 9.17) is 0 Å². The second kappa shape index (κ2) is 7.92. The van der Waals surface area contributed by atoms with E-state index in [-0.39, 0.29) is 11.2 Å². The summed E-state index contributed by atoms with van der Waals surface area (Å²) < 4.78 is 33.1. The molecular weight excluding hydrogens is 440 g/mol. The number of pyridine rings is 1. The van der Waals surface area contributed by atoms with Gasteiger partial charge in [-0.25, -0.2) is 13.8 Å². The highest BCUT2D eigenvalue weighted by Crippen LogP contribution is 2.36. The van der Waals surface area contributed by atoms with Crippen LogP contribution in [0.4, 0.5) is 20.2 Å². The first-order chi connectivity index (χ1) is 16.4. The largest absolute Gasteiger partial charge is 0.369 e. The van der Waals surface area contributed by atoms with Crippen LogP contribution < -0.4 is 15.5 Å². The monoisotopic (exact) mass is 467 g/mol. The lowest BCUT2D eigenvalue weighted by atomic mass is 10.1. The van der Waals surface area contributed by atoms with Gasteiger partial charge in [-0.2, -0.15) is 5.10 Å². The van der Waals surface area contributed by atoms with Crippen LogP contribution in [-0.4, -0.2) is 49.4 Å². The van der Waals surface area contributed by atoms with E-state index in [0.717, 1.165) is 30.6 Å². The molecule has 4 heterocycles. The molecule has 3 aromatic heterocycles. The number of aromatic nitrogens is 4. The lowest BCUT2D eigenvalue weighted by Crippen LogP contribution is -2.34. The van der Waals surface area contributed by atoms with Crippen molar-refractivity contribution in [1.29, 1.82) is 0 Å². The van der Waals surface area contributed by atoms with Crippen molar-refractivity contribution in [3.8, 4) is 0 Å². The molecule has 1 saturated carbocycles. The Kier molecular flexibility index (Phi) is 4.96. The number of hydrogen-bond acceptors (Lipinski definition) is 6. The number of halogens is 2. The van der Waals surface area contributed by atoms with Crippen molar-refractivity contribution in [2.24, 2.45) is 7.05 Å². The first kappa shape index (κ1) is 21.3. The van der Waals surface area contributed by atoms with Gasteiger partial charge in [0.25, 0.3) is 0 Å². The van der Waals surface area contributed by atoms with Crippen molar-refractivity contribution in [2.75, 3.05) is 23.3 Å². The van der Waals surface area contributed by atoms with Crippen LogP contribution in [0.3, 0.4) is 0 Å². The van der Waals surface area contributed by atoms with Crippen LogP contribution in [0, 0.1) is 18.6 Å². The molecule has 1 saturated heterocycles. The summed E-state index contributed by atoms with van der Waals surface area (Å²) in [6, 6.07) is 3.74. The van der Waals surface area contributed by atoms with Crippen LogP contribution in [0.2, 0.25) is 0 Å². The van der Waals surface area contributed by atoms with Crippen molar-refractivity contribution in [2.45, 2.75) is 44.5 Å². The summed E-state index contributed by atoms with van der Waals surface area (Å²) >= 11 is 0. The molecule has 6 rings (SSSR count). The van der Waals surface area contributed by atoms with Gasteiger partial charge in [0.1, 0.15) is 11.3 Å². The Labute approximate surface area is 195 Å². The van der Waals surface area contributed by atoms with Gasteiger partial charge in [0.2, 0.25) is 0 Å². The standard InChI is InChI=1S/C24H27F2N7O/c1-13-9-33-11-16(7-19(26)23(33)27-13)29-24(34)21-18(25)8-20(17-12-31(2)30-22(17)21)32-6-5-15(10-32)28-14-3-4-14/h7-9,11-12,14-15,24,28-29,34H,3-6,10H2,1-2H3/t15-,24?/m0/s1. The zero-order valence-electron chi connectivity index (χ0n) is 19.1. The van der Waals surface area contributed by atoms with Crippen LogP contribution in [-0.2, 0) is 7.05 Å². The fraction of sp³-hybridized carbons (Fsp3) is 0.417. The van der Waals surface area contributed by atoms with E-state index in [9.17, 15) is 9.50 Å². The Balaban J connectivity index is 1.33.